The van der Waals surface area contributed by atoms with Crippen molar-refractivity contribution in [3.05, 3.63) is 279 Å². The molecule has 3 aromatic heterocycles. The van der Waals surface area contributed by atoms with Crippen LogP contribution in [-0.4, -0.2) is 29.1 Å². The zero-order valence-corrected chi connectivity index (χ0v) is 41.2. The van der Waals surface area contributed by atoms with Crippen molar-refractivity contribution in [1.82, 2.24) is 29.1 Å². The van der Waals surface area contributed by atoms with E-state index in [9.17, 15) is 0 Å². The number of hydrogen-bond acceptors (Lipinski definition) is 4. The van der Waals surface area contributed by atoms with Gasteiger partial charge in [0.2, 0.25) is 0 Å². The van der Waals surface area contributed by atoms with E-state index in [2.05, 4.69) is 240 Å². The number of para-hydroxylation sites is 8. The van der Waals surface area contributed by atoms with Gasteiger partial charge >= 0.3 is 0 Å². The summed E-state index contributed by atoms with van der Waals surface area (Å²) in [7, 11) is 0. The van der Waals surface area contributed by atoms with Crippen LogP contribution in [0.2, 0.25) is 0 Å². The Balaban J connectivity index is 0.694. The van der Waals surface area contributed by atoms with Gasteiger partial charge in [-0.25, -0.2) is 19.9 Å². The molecular weight excluding hydrogens is 925 g/mol. The van der Waals surface area contributed by atoms with E-state index < -0.39 is 0 Å². The number of rotatable bonds is 10. The molecule has 3 heterocycles. The van der Waals surface area contributed by atoms with Crippen LogP contribution in [0.4, 0.5) is 0 Å². The second-order valence-corrected chi connectivity index (χ2v) is 19.1. The molecule has 356 valence electrons. The summed E-state index contributed by atoms with van der Waals surface area (Å²) in [6.45, 7) is 0. The smallest absolute Gasteiger partial charge is 0.145 e. The van der Waals surface area contributed by atoms with E-state index in [1.807, 2.05) is 48.5 Å². The summed E-state index contributed by atoms with van der Waals surface area (Å²) in [4.78, 5) is 20.6. The summed E-state index contributed by atoms with van der Waals surface area (Å²) >= 11 is 0. The highest BCUT2D eigenvalue weighted by Gasteiger charge is 2.18. The Kier molecular flexibility index (Phi) is 11.1. The summed E-state index contributed by atoms with van der Waals surface area (Å²) in [5.41, 5.74) is 23.1. The summed E-state index contributed by atoms with van der Waals surface area (Å²) in [6.07, 6.45) is 0. The van der Waals surface area contributed by atoms with E-state index in [1.54, 1.807) is 0 Å². The molecule has 0 unspecified atom stereocenters. The fraction of sp³-hybridized carbons (Fsp3) is 0. The summed E-state index contributed by atoms with van der Waals surface area (Å²) in [5, 5.41) is 0. The molecule has 14 rings (SSSR count). The number of hydrogen-bond donors (Lipinski definition) is 0. The van der Waals surface area contributed by atoms with Gasteiger partial charge < -0.3 is 0 Å². The summed E-state index contributed by atoms with van der Waals surface area (Å²) < 4.78 is 4.48. The second-order valence-electron chi connectivity index (χ2n) is 19.1. The molecule has 0 saturated heterocycles. The van der Waals surface area contributed by atoms with Crippen molar-refractivity contribution in [2.24, 2.45) is 0 Å². The van der Waals surface area contributed by atoms with Gasteiger partial charge in [-0.2, -0.15) is 0 Å². The first kappa shape index (κ1) is 44.4. The van der Waals surface area contributed by atoms with Gasteiger partial charge in [-0.3, -0.25) is 9.13 Å². The Morgan fingerprint density at radius 1 is 0.184 bits per heavy atom. The van der Waals surface area contributed by atoms with Gasteiger partial charge in [0.1, 0.15) is 11.6 Å². The van der Waals surface area contributed by atoms with Crippen molar-refractivity contribution in [1.29, 1.82) is 0 Å². The van der Waals surface area contributed by atoms with Crippen LogP contribution in [0, 0.1) is 0 Å². The maximum absolute atomic E-state index is 5.22. The first-order chi connectivity index (χ1) is 37.6. The van der Waals surface area contributed by atoms with E-state index in [-0.39, 0.29) is 0 Å². The average molecular weight is 971 g/mol. The molecule has 6 heteroatoms. The SMILES string of the molecule is c1ccc(-n2c(-c3ccc(-c4ccc(-c5ccc(-c6nc7ccccc7nc6-c6ccc(-c7ccc(-c8ccc(-c9nc%10ccccc%10n9-c9ccccc9)cc8)cc7)cc6)cc5)cc4)cc3)nc3ccccc32)cc1. The Bertz CT molecular complexity index is 4090. The van der Waals surface area contributed by atoms with Crippen LogP contribution in [-0.2, 0) is 0 Å². The molecule has 0 saturated carbocycles. The first-order valence-electron chi connectivity index (χ1n) is 25.6. The third-order valence-electron chi connectivity index (χ3n) is 14.4. The Morgan fingerprint density at radius 3 is 0.724 bits per heavy atom. The Labute approximate surface area is 440 Å². The molecule has 0 aliphatic rings. The molecule has 0 radical (unpaired) electrons. The van der Waals surface area contributed by atoms with E-state index in [0.29, 0.717) is 0 Å². The fourth-order valence-electron chi connectivity index (χ4n) is 10.5. The van der Waals surface area contributed by atoms with Gasteiger partial charge in [0.25, 0.3) is 0 Å². The second kappa shape index (κ2) is 19.0. The zero-order chi connectivity index (χ0) is 50.4. The van der Waals surface area contributed by atoms with Crippen LogP contribution in [0.25, 0.3) is 134 Å². The lowest BCUT2D eigenvalue weighted by atomic mass is 9.96. The van der Waals surface area contributed by atoms with Gasteiger partial charge in [0, 0.05) is 33.6 Å². The van der Waals surface area contributed by atoms with Crippen LogP contribution < -0.4 is 0 Å². The molecule has 0 bridgehead atoms. The van der Waals surface area contributed by atoms with E-state index in [1.165, 1.54) is 0 Å². The monoisotopic (exact) mass is 970 g/mol. The lowest BCUT2D eigenvalue weighted by Crippen LogP contribution is -1.97. The molecule has 0 fully saturated rings. The summed E-state index contributed by atoms with van der Waals surface area (Å²) in [5.74, 6) is 1.85. The largest absolute Gasteiger partial charge is 0.292 e. The van der Waals surface area contributed by atoms with Crippen molar-refractivity contribution in [3.63, 3.8) is 0 Å². The molecule has 76 heavy (non-hydrogen) atoms. The molecule has 6 nitrogen and oxygen atoms in total. The predicted octanol–water partition coefficient (Wildman–Crippen LogP) is 17.6. The molecule has 14 aromatic rings. The number of benzene rings is 11. The first-order valence-corrected chi connectivity index (χ1v) is 25.6. The highest BCUT2D eigenvalue weighted by Crippen LogP contribution is 2.37. The van der Waals surface area contributed by atoms with Crippen molar-refractivity contribution >= 4 is 33.1 Å². The maximum Gasteiger partial charge on any atom is 0.145 e. The Hall–Kier alpha value is -10.3. The van der Waals surface area contributed by atoms with Crippen molar-refractivity contribution < 1.29 is 0 Å². The molecule has 0 amide bonds. The van der Waals surface area contributed by atoms with Gasteiger partial charge in [-0.1, -0.05) is 218 Å². The van der Waals surface area contributed by atoms with Gasteiger partial charge in [-0.05, 0) is 105 Å². The van der Waals surface area contributed by atoms with Crippen molar-refractivity contribution in [2.45, 2.75) is 0 Å². The molecule has 0 N–H and O–H groups in total. The molecular formula is C70H46N6. The average Bonchev–Trinajstić information content (AvgIpc) is 4.13. The van der Waals surface area contributed by atoms with E-state index in [4.69, 9.17) is 19.9 Å². The minimum atomic E-state index is 0.851. The molecule has 0 spiro atoms. The minimum absolute atomic E-state index is 0.851. The number of aromatic nitrogens is 6. The molecule has 0 aliphatic carbocycles. The topological polar surface area (TPSA) is 61.4 Å². The maximum atomic E-state index is 5.22. The molecule has 0 atom stereocenters. The van der Waals surface area contributed by atoms with Crippen LogP contribution in [0.1, 0.15) is 0 Å². The van der Waals surface area contributed by atoms with Crippen LogP contribution in [0.15, 0.2) is 279 Å². The van der Waals surface area contributed by atoms with Crippen molar-refractivity contribution in [3.8, 4) is 101 Å². The molecule has 11 aromatic carbocycles. The lowest BCUT2D eigenvalue weighted by molar-refractivity contribution is 1.10. The zero-order valence-electron chi connectivity index (χ0n) is 41.2. The van der Waals surface area contributed by atoms with Crippen LogP contribution in [0.5, 0.6) is 0 Å². The third-order valence-corrected chi connectivity index (χ3v) is 14.4. The third kappa shape index (κ3) is 8.21. The van der Waals surface area contributed by atoms with Gasteiger partial charge in [0.15, 0.2) is 0 Å². The lowest BCUT2D eigenvalue weighted by Gasteiger charge is -2.12. The highest BCUT2D eigenvalue weighted by atomic mass is 15.1. The quantitative estimate of drug-likeness (QED) is 0.137. The van der Waals surface area contributed by atoms with Gasteiger partial charge in [-0.15, -0.1) is 0 Å². The van der Waals surface area contributed by atoms with Crippen LogP contribution >= 0.6 is 0 Å². The highest BCUT2D eigenvalue weighted by molar-refractivity contribution is 5.89. The molecule has 0 aliphatic heterocycles. The standard InChI is InChI=1S/C70H46N6/c1-3-13-59(14-4-1)75-65-21-11-9-19-63(65)73-69(75)57-43-35-53(36-44-57)49-27-23-47(24-28-49)51-31-39-55(40-32-51)67-68(72-62-18-8-7-17-61(62)71-67)56-41-33-52(34-42-56)48-25-29-50(30-26-48)54-37-45-58(46-38-54)70-74-64-20-10-12-22-66(64)76(70)60-15-5-2-6-16-60/h1-46H. The Morgan fingerprint density at radius 2 is 0.421 bits per heavy atom. The van der Waals surface area contributed by atoms with E-state index in [0.717, 1.165) is 134 Å². The number of imidazole rings is 2. The van der Waals surface area contributed by atoms with E-state index >= 15 is 0 Å². The van der Waals surface area contributed by atoms with Crippen LogP contribution in [0.3, 0.4) is 0 Å². The predicted molar refractivity (Wildman–Crippen MR) is 312 cm³/mol. The van der Waals surface area contributed by atoms with Crippen molar-refractivity contribution in [2.75, 3.05) is 0 Å². The minimum Gasteiger partial charge on any atom is -0.292 e. The summed E-state index contributed by atoms with van der Waals surface area (Å²) in [6, 6.07) is 98.0. The number of fused-ring (bicyclic) bond motifs is 3. The van der Waals surface area contributed by atoms with Gasteiger partial charge in [0.05, 0.1) is 44.5 Å². The number of nitrogens with zero attached hydrogens (tertiary/aromatic N) is 6. The fourth-order valence-corrected chi connectivity index (χ4v) is 10.5. The normalized spacial score (nSPS) is 11.4.